The zero-order chi connectivity index (χ0) is 21.2. The zero-order valence-electron chi connectivity index (χ0n) is 17.5. The number of ketones is 1. The summed E-state index contributed by atoms with van der Waals surface area (Å²) in [6.07, 6.45) is 9.28. The summed E-state index contributed by atoms with van der Waals surface area (Å²) in [5.74, 6) is 2.06. The van der Waals surface area contributed by atoms with Crippen molar-refractivity contribution in [1.82, 2.24) is 15.5 Å². The molecule has 3 aromatic rings. The minimum absolute atomic E-state index is 0.141. The maximum atomic E-state index is 13.0. The fourth-order valence-corrected chi connectivity index (χ4v) is 4.30. The molecule has 3 heterocycles. The second-order valence-electron chi connectivity index (χ2n) is 7.98. The minimum Gasteiger partial charge on any atom is -0.496 e. The molecule has 2 aliphatic rings. The van der Waals surface area contributed by atoms with Gasteiger partial charge in [0.15, 0.2) is 5.76 Å². The number of para-hydroxylation sites is 1. The van der Waals surface area contributed by atoms with Gasteiger partial charge in [-0.2, -0.15) is 5.10 Å². The van der Waals surface area contributed by atoms with Gasteiger partial charge in [0.2, 0.25) is 5.78 Å². The molecule has 31 heavy (non-hydrogen) atoms. The molecule has 5 rings (SSSR count). The van der Waals surface area contributed by atoms with Gasteiger partial charge in [0.25, 0.3) is 0 Å². The Bertz CT molecular complexity index is 1190. The van der Waals surface area contributed by atoms with Gasteiger partial charge in [0.1, 0.15) is 11.5 Å². The number of rotatable bonds is 5. The molecule has 0 radical (unpaired) electrons. The number of nitrogens with one attached hydrogen (secondary N) is 2. The van der Waals surface area contributed by atoms with E-state index in [-0.39, 0.29) is 11.5 Å². The number of H-pyrrole nitrogens is 1. The van der Waals surface area contributed by atoms with E-state index in [1.54, 1.807) is 19.3 Å². The van der Waals surface area contributed by atoms with Crippen LogP contribution in [-0.4, -0.2) is 36.2 Å². The molecule has 2 aliphatic heterocycles. The molecular formula is C25H25N3O3. The Kier molecular flexibility index (Phi) is 5.30. The highest BCUT2D eigenvalue weighted by molar-refractivity contribution is 6.15. The van der Waals surface area contributed by atoms with Crippen molar-refractivity contribution >= 4 is 28.8 Å². The number of ether oxygens (including phenoxy) is 2. The summed E-state index contributed by atoms with van der Waals surface area (Å²) >= 11 is 0. The van der Waals surface area contributed by atoms with Crippen LogP contribution in [0.3, 0.4) is 0 Å². The first-order valence-electron chi connectivity index (χ1n) is 10.7. The van der Waals surface area contributed by atoms with Gasteiger partial charge in [-0.1, -0.05) is 30.4 Å². The van der Waals surface area contributed by atoms with Crippen molar-refractivity contribution in [3.63, 3.8) is 0 Å². The molecule has 1 fully saturated rings. The molecule has 1 aromatic heterocycles. The number of aromatic amines is 1. The molecule has 6 nitrogen and oxygen atoms in total. The summed E-state index contributed by atoms with van der Waals surface area (Å²) in [7, 11) is 1.63. The van der Waals surface area contributed by atoms with E-state index in [1.807, 2.05) is 36.4 Å². The molecule has 0 saturated carbocycles. The summed E-state index contributed by atoms with van der Waals surface area (Å²) in [5.41, 5.74) is 2.95. The van der Waals surface area contributed by atoms with Crippen LogP contribution in [0.25, 0.3) is 23.1 Å². The van der Waals surface area contributed by atoms with Gasteiger partial charge in [-0.25, -0.2) is 0 Å². The number of carbonyl (C=O) groups is 1. The van der Waals surface area contributed by atoms with Crippen LogP contribution in [-0.2, 0) is 0 Å². The van der Waals surface area contributed by atoms with Crippen molar-refractivity contribution in [2.24, 2.45) is 5.92 Å². The quantitative estimate of drug-likeness (QED) is 0.596. The van der Waals surface area contributed by atoms with Gasteiger partial charge in [-0.3, -0.25) is 9.89 Å². The number of carbonyl (C=O) groups excluding carboxylic acids is 1. The average molecular weight is 415 g/mol. The highest BCUT2D eigenvalue weighted by Gasteiger charge is 2.31. The predicted molar refractivity (Wildman–Crippen MR) is 121 cm³/mol. The molecule has 0 bridgehead atoms. The molecule has 0 amide bonds. The fourth-order valence-electron chi connectivity index (χ4n) is 4.30. The largest absolute Gasteiger partial charge is 0.496 e. The molecule has 0 unspecified atom stereocenters. The maximum Gasteiger partial charge on any atom is 0.232 e. The molecule has 0 spiro atoms. The first kappa shape index (κ1) is 19.6. The van der Waals surface area contributed by atoms with Crippen LogP contribution in [0.2, 0.25) is 0 Å². The van der Waals surface area contributed by atoms with Crippen molar-refractivity contribution in [2.75, 3.05) is 20.2 Å². The van der Waals surface area contributed by atoms with Crippen LogP contribution < -0.4 is 14.8 Å². The number of nitrogens with zero attached hydrogens (tertiary/aromatic N) is 1. The molecule has 2 N–H and O–H groups in total. The Balaban J connectivity index is 1.45. The van der Waals surface area contributed by atoms with E-state index < -0.39 is 0 Å². The van der Waals surface area contributed by atoms with Gasteiger partial charge in [0.05, 0.1) is 29.4 Å². The Morgan fingerprint density at radius 3 is 2.87 bits per heavy atom. The topological polar surface area (TPSA) is 76.2 Å². The van der Waals surface area contributed by atoms with Crippen molar-refractivity contribution in [3.8, 4) is 11.5 Å². The van der Waals surface area contributed by atoms with Gasteiger partial charge < -0.3 is 14.8 Å². The van der Waals surface area contributed by atoms with Crippen LogP contribution in [0.4, 0.5) is 0 Å². The van der Waals surface area contributed by atoms with Gasteiger partial charge >= 0.3 is 0 Å². The summed E-state index contributed by atoms with van der Waals surface area (Å²) in [6, 6.07) is 11.4. The number of Topliss-reactive ketones (excluding diaryl/α,β-unsaturated/α-hetero) is 1. The lowest BCUT2D eigenvalue weighted by Gasteiger charge is -2.21. The summed E-state index contributed by atoms with van der Waals surface area (Å²) < 4.78 is 11.6. The number of benzene rings is 2. The van der Waals surface area contributed by atoms with Crippen molar-refractivity contribution < 1.29 is 14.3 Å². The first-order valence-corrected chi connectivity index (χ1v) is 10.7. The summed E-state index contributed by atoms with van der Waals surface area (Å²) in [6.45, 7) is 2.16. The Morgan fingerprint density at radius 1 is 1.19 bits per heavy atom. The number of piperidine rings is 1. The van der Waals surface area contributed by atoms with E-state index >= 15 is 0 Å². The van der Waals surface area contributed by atoms with Crippen molar-refractivity contribution in [1.29, 1.82) is 0 Å². The number of allylic oxidation sites excluding steroid dienone is 2. The normalized spacial score (nSPS) is 18.1. The van der Waals surface area contributed by atoms with Gasteiger partial charge in [-0.15, -0.1) is 0 Å². The first-order chi connectivity index (χ1) is 15.2. The number of hydrogen-bond donors (Lipinski definition) is 2. The molecule has 0 aliphatic carbocycles. The number of aromatic nitrogens is 2. The van der Waals surface area contributed by atoms with Crippen LogP contribution in [0.15, 0.2) is 48.2 Å². The molecule has 6 heteroatoms. The third-order valence-corrected chi connectivity index (χ3v) is 6.04. The number of methoxy groups -OCH3 is 1. The summed E-state index contributed by atoms with van der Waals surface area (Å²) in [5, 5.41) is 11.7. The number of fused-ring (bicyclic) bond motifs is 2. The van der Waals surface area contributed by atoms with E-state index in [1.165, 1.54) is 12.8 Å². The highest BCUT2D eigenvalue weighted by Crippen LogP contribution is 2.41. The van der Waals surface area contributed by atoms with Gasteiger partial charge in [0, 0.05) is 11.5 Å². The lowest BCUT2D eigenvalue weighted by atomic mass is 9.94. The molecular weight excluding hydrogens is 390 g/mol. The second kappa shape index (κ2) is 8.40. The monoisotopic (exact) mass is 415 g/mol. The maximum absolute atomic E-state index is 13.0. The molecule has 2 aromatic carbocycles. The Hall–Kier alpha value is -3.38. The van der Waals surface area contributed by atoms with E-state index in [4.69, 9.17) is 9.47 Å². The predicted octanol–water partition coefficient (Wildman–Crippen LogP) is 4.59. The van der Waals surface area contributed by atoms with E-state index in [0.717, 1.165) is 36.0 Å². The van der Waals surface area contributed by atoms with Gasteiger partial charge in [-0.05, 0) is 56.5 Å². The standard InChI is InChI=1S/C25H25N3O3/c1-30-22-10-9-19-24(29)23(15-21-17-6-2-3-8-20(17)27-28-21)31-25(19)18(22)7-4-5-16-11-13-26-14-12-16/h2-4,6-10,15-16,26H,5,11-14H2,1H3,(H,27,28). The zero-order valence-corrected chi connectivity index (χ0v) is 17.5. The van der Waals surface area contributed by atoms with Crippen LogP contribution in [0, 0.1) is 5.92 Å². The fraction of sp³-hybridized carbons (Fsp3) is 0.280. The van der Waals surface area contributed by atoms with E-state index in [9.17, 15) is 4.79 Å². The molecule has 0 atom stereocenters. The molecule has 158 valence electrons. The van der Waals surface area contributed by atoms with Crippen LogP contribution in [0.5, 0.6) is 11.5 Å². The van der Waals surface area contributed by atoms with Crippen molar-refractivity contribution in [2.45, 2.75) is 19.3 Å². The smallest absolute Gasteiger partial charge is 0.232 e. The van der Waals surface area contributed by atoms with E-state index in [2.05, 4.69) is 21.6 Å². The Morgan fingerprint density at radius 2 is 2.03 bits per heavy atom. The molecule has 1 saturated heterocycles. The third kappa shape index (κ3) is 3.75. The van der Waals surface area contributed by atoms with Crippen molar-refractivity contribution in [3.05, 3.63) is 65.1 Å². The summed E-state index contributed by atoms with van der Waals surface area (Å²) in [4.78, 5) is 13.0. The van der Waals surface area contributed by atoms with Crippen LogP contribution >= 0.6 is 0 Å². The second-order valence-corrected chi connectivity index (χ2v) is 7.98. The average Bonchev–Trinajstić information content (AvgIpc) is 3.36. The Labute approximate surface area is 180 Å². The SMILES string of the molecule is COc1ccc2c(c1C=CCC1CCNCC1)OC(=Cc1n[nH]c3ccccc13)C2=O. The lowest BCUT2D eigenvalue weighted by Crippen LogP contribution is -2.27. The van der Waals surface area contributed by atoms with E-state index in [0.29, 0.717) is 28.7 Å². The minimum atomic E-state index is -0.141. The van der Waals surface area contributed by atoms with Crippen LogP contribution in [0.1, 0.15) is 40.9 Å². The number of hydrogen-bond acceptors (Lipinski definition) is 5. The third-order valence-electron chi connectivity index (χ3n) is 6.04. The highest BCUT2D eigenvalue weighted by atomic mass is 16.5. The lowest BCUT2D eigenvalue weighted by molar-refractivity contribution is 0.101.